The first-order valence-electron chi connectivity index (χ1n) is 17.7. The Balaban J connectivity index is 0.00000702. The zero-order valence-electron chi connectivity index (χ0n) is 32.3. The summed E-state index contributed by atoms with van der Waals surface area (Å²) in [6, 6.07) is 11.3. The van der Waals surface area contributed by atoms with E-state index in [1.165, 1.54) is 34.6 Å². The van der Waals surface area contributed by atoms with E-state index in [1.807, 2.05) is 20.8 Å². The fourth-order valence-electron chi connectivity index (χ4n) is 6.91. The minimum atomic E-state index is -4.62. The summed E-state index contributed by atoms with van der Waals surface area (Å²) in [4.78, 5) is 26.5. The Morgan fingerprint density at radius 3 is 2.33 bits per heavy atom. The van der Waals surface area contributed by atoms with Crippen molar-refractivity contribution in [2.45, 2.75) is 110 Å². The minimum Gasteiger partial charge on any atom is -0.744 e. The van der Waals surface area contributed by atoms with Gasteiger partial charge in [0.2, 0.25) is 11.6 Å². The number of amides is 1. The molecule has 2 aromatic carbocycles. The fraction of sp³-hybridized carbons (Fsp3) is 0.525. The van der Waals surface area contributed by atoms with Crippen LogP contribution in [0.4, 0.5) is 11.4 Å². The molecule has 2 aliphatic heterocycles. The van der Waals surface area contributed by atoms with Crippen molar-refractivity contribution >= 4 is 39.1 Å². The molecule has 2 aliphatic rings. The van der Waals surface area contributed by atoms with Gasteiger partial charge in [-0.1, -0.05) is 58.4 Å². The van der Waals surface area contributed by atoms with E-state index in [0.717, 1.165) is 36.3 Å². The second-order valence-electron chi connectivity index (χ2n) is 15.7. The number of hydrogen-bond acceptors (Lipinski definition) is 7. The molecule has 0 aromatic heterocycles. The summed E-state index contributed by atoms with van der Waals surface area (Å²) in [5, 5.41) is 2.81. The molecule has 0 unspecified atom stereocenters. The van der Waals surface area contributed by atoms with Gasteiger partial charge in [0.25, 0.3) is 0 Å². The average molecular weight is 745 g/mol. The Bertz CT molecular complexity index is 1820. The smallest absolute Gasteiger partial charge is 0.744 e. The fourth-order valence-corrected chi connectivity index (χ4v) is 7.40. The zero-order chi connectivity index (χ0) is 37.1. The van der Waals surface area contributed by atoms with Crippen LogP contribution in [-0.2, 0) is 35.3 Å². The molecule has 0 saturated carbocycles. The number of allylic oxidation sites excluding steroid dienone is 4. The van der Waals surface area contributed by atoms with Crippen molar-refractivity contribution in [3.63, 3.8) is 0 Å². The Kier molecular flexibility index (Phi) is 14.7. The predicted molar refractivity (Wildman–Crippen MR) is 198 cm³/mol. The van der Waals surface area contributed by atoms with E-state index < -0.39 is 15.5 Å². The molecule has 2 aromatic rings. The standard InChI is InChI=1S/C40H55N3O6S.K/c1-10-42-32-20-18-28(2)25-30(32)39(6,7)34(42)15-14-16-35-40(8,9)31-26-29(50(46,47)48)19-21-33(31)43(35)24-13-11-12-17-36(44)41-23-22-37(45)49-27-38(3,4)5;/h14-16,18-21,25-26H,10-13,17,22-24,27H2,1-9H3,(H-,41,44,46,47,48);/q;+1. The summed E-state index contributed by atoms with van der Waals surface area (Å²) in [5.41, 5.74) is 6.80. The zero-order valence-corrected chi connectivity index (χ0v) is 36.3. The predicted octanol–water partition coefficient (Wildman–Crippen LogP) is 4.19. The van der Waals surface area contributed by atoms with Crippen LogP contribution in [0.15, 0.2) is 65.2 Å². The largest absolute Gasteiger partial charge is 1.00 e. The third kappa shape index (κ3) is 10.5. The molecule has 0 atom stereocenters. The van der Waals surface area contributed by atoms with Gasteiger partial charge in [-0.05, 0) is 75.8 Å². The molecule has 1 amide bonds. The topological polar surface area (TPSA) is 119 Å². The van der Waals surface area contributed by atoms with E-state index in [2.05, 4.69) is 92.8 Å². The molecule has 272 valence electrons. The second kappa shape index (κ2) is 17.3. The molecular weight excluding hydrogens is 690 g/mol. The first-order valence-corrected chi connectivity index (χ1v) is 19.1. The number of fused-ring (bicyclic) bond motifs is 2. The van der Waals surface area contributed by atoms with E-state index in [0.29, 0.717) is 26.0 Å². The number of benzene rings is 2. The number of anilines is 1. The van der Waals surface area contributed by atoms with Crippen LogP contribution in [0.3, 0.4) is 0 Å². The molecule has 0 fully saturated rings. The van der Waals surface area contributed by atoms with Gasteiger partial charge in [-0.3, -0.25) is 9.59 Å². The van der Waals surface area contributed by atoms with Gasteiger partial charge < -0.3 is 19.5 Å². The Labute approximate surface area is 348 Å². The number of likely N-dealkylation sites (N-methyl/N-ethyl adjacent to an activating group) is 1. The summed E-state index contributed by atoms with van der Waals surface area (Å²) in [6.45, 7) is 21.0. The van der Waals surface area contributed by atoms with Crippen LogP contribution in [-0.4, -0.2) is 61.4 Å². The van der Waals surface area contributed by atoms with Crippen LogP contribution < -0.4 is 61.6 Å². The number of carbonyl (C=O) groups excluding carboxylic acids is 2. The van der Waals surface area contributed by atoms with Gasteiger partial charge in [0.1, 0.15) is 16.7 Å². The van der Waals surface area contributed by atoms with Gasteiger partial charge in [-0.25, -0.2) is 8.42 Å². The van der Waals surface area contributed by atoms with E-state index in [9.17, 15) is 22.6 Å². The molecule has 0 spiro atoms. The van der Waals surface area contributed by atoms with Crippen LogP contribution in [0, 0.1) is 12.3 Å². The quantitative estimate of drug-likeness (QED) is 0.101. The normalized spacial score (nSPS) is 17.1. The van der Waals surface area contributed by atoms with Crippen molar-refractivity contribution in [3.05, 3.63) is 77.0 Å². The third-order valence-corrected chi connectivity index (χ3v) is 10.5. The van der Waals surface area contributed by atoms with Gasteiger partial charge in [-0.15, -0.1) is 0 Å². The number of aryl methyl sites for hydroxylation is 1. The van der Waals surface area contributed by atoms with E-state index in [1.54, 1.807) is 6.07 Å². The number of carbonyl (C=O) groups is 2. The molecule has 0 aliphatic carbocycles. The van der Waals surface area contributed by atoms with Gasteiger partial charge >= 0.3 is 57.4 Å². The summed E-state index contributed by atoms with van der Waals surface area (Å²) in [6.07, 6.45) is 9.17. The molecular formula is C40H55KN3O6S+. The molecule has 0 saturated heterocycles. The van der Waals surface area contributed by atoms with Crippen molar-refractivity contribution in [3.8, 4) is 0 Å². The number of hydrogen-bond donors (Lipinski definition) is 1. The van der Waals surface area contributed by atoms with Crippen LogP contribution in [0.1, 0.15) is 104 Å². The molecule has 0 bridgehead atoms. The van der Waals surface area contributed by atoms with Gasteiger partial charge in [0.05, 0.1) is 23.3 Å². The van der Waals surface area contributed by atoms with Gasteiger partial charge in [0.15, 0.2) is 5.71 Å². The number of ether oxygens (including phenoxy) is 1. The molecule has 9 nitrogen and oxygen atoms in total. The summed E-state index contributed by atoms with van der Waals surface area (Å²) in [5.74, 6) is -0.412. The molecule has 11 heteroatoms. The maximum Gasteiger partial charge on any atom is 1.00 e. The number of unbranched alkanes of at least 4 members (excludes halogenated alkanes) is 2. The third-order valence-electron chi connectivity index (χ3n) is 9.63. The van der Waals surface area contributed by atoms with Crippen molar-refractivity contribution < 1.29 is 83.3 Å². The monoisotopic (exact) mass is 744 g/mol. The van der Waals surface area contributed by atoms with Crippen LogP contribution in [0.2, 0.25) is 0 Å². The number of rotatable bonds is 14. The number of esters is 1. The first kappa shape index (κ1) is 43.3. The average Bonchev–Trinajstić information content (AvgIpc) is 3.36. The van der Waals surface area contributed by atoms with Crippen molar-refractivity contribution in [1.82, 2.24) is 5.32 Å². The Morgan fingerprint density at radius 1 is 0.980 bits per heavy atom. The summed E-state index contributed by atoms with van der Waals surface area (Å²) >= 11 is 0. The SMILES string of the molecule is CCN1/C(=C/C=C/C2=[N+](CCCCCC(=O)NCCC(=O)OCC(C)(C)C)c3ccc(S(=O)(=O)[O-])cc3C2(C)C)C(C)(C)c2cc(C)ccc21.[K+]. The molecule has 2 heterocycles. The van der Waals surface area contributed by atoms with Gasteiger partial charge in [-0.2, -0.15) is 4.58 Å². The van der Waals surface area contributed by atoms with Gasteiger partial charge in [0, 0.05) is 60.4 Å². The molecule has 1 N–H and O–H groups in total. The molecule has 0 radical (unpaired) electrons. The number of nitrogens with zero attached hydrogens (tertiary/aromatic N) is 2. The number of nitrogens with one attached hydrogen (secondary N) is 1. The maximum atomic E-state index is 12.4. The summed E-state index contributed by atoms with van der Waals surface area (Å²) < 4.78 is 43.4. The van der Waals surface area contributed by atoms with Crippen LogP contribution in [0.25, 0.3) is 0 Å². The van der Waals surface area contributed by atoms with E-state index in [-0.39, 0.29) is 92.0 Å². The van der Waals surface area contributed by atoms with Crippen molar-refractivity contribution in [1.29, 1.82) is 0 Å². The Morgan fingerprint density at radius 2 is 1.69 bits per heavy atom. The molecule has 4 rings (SSSR count). The maximum absolute atomic E-state index is 12.4. The molecule has 51 heavy (non-hydrogen) atoms. The van der Waals surface area contributed by atoms with Crippen molar-refractivity contribution in [2.24, 2.45) is 5.41 Å². The first-order chi connectivity index (χ1) is 23.3. The van der Waals surface area contributed by atoms with Crippen LogP contribution >= 0.6 is 0 Å². The summed E-state index contributed by atoms with van der Waals surface area (Å²) in [7, 11) is -4.62. The van der Waals surface area contributed by atoms with E-state index in [4.69, 9.17) is 4.74 Å². The second-order valence-corrected chi connectivity index (χ2v) is 17.1. The minimum absolute atomic E-state index is 0. The van der Waals surface area contributed by atoms with Crippen LogP contribution in [0.5, 0.6) is 0 Å². The van der Waals surface area contributed by atoms with E-state index >= 15 is 0 Å². The van der Waals surface area contributed by atoms with Crippen molar-refractivity contribution in [2.75, 3.05) is 31.1 Å². The Hall–Kier alpha value is -2.12.